The molecule has 2 aromatic rings. The zero-order chi connectivity index (χ0) is 22.8. The molecule has 2 bridgehead atoms. The minimum Gasteiger partial charge on any atom is -0.376 e. The number of ether oxygens (including phenoxy) is 1. The number of benzene rings is 1. The van der Waals surface area contributed by atoms with Crippen molar-refractivity contribution in [2.75, 3.05) is 6.61 Å². The molecule has 1 saturated carbocycles. The summed E-state index contributed by atoms with van der Waals surface area (Å²) in [5.74, 6) is -0.0453. The molecule has 2 saturated heterocycles. The van der Waals surface area contributed by atoms with Gasteiger partial charge in [-0.15, -0.1) is 0 Å². The summed E-state index contributed by atoms with van der Waals surface area (Å²) in [6.07, 6.45) is 9.98. The predicted molar refractivity (Wildman–Crippen MR) is 121 cm³/mol. The van der Waals surface area contributed by atoms with E-state index in [9.17, 15) is 14.4 Å². The highest BCUT2D eigenvalue weighted by Crippen LogP contribution is 2.35. The normalized spacial score (nSPS) is 26.9. The second-order valence-corrected chi connectivity index (χ2v) is 9.54. The van der Waals surface area contributed by atoms with Gasteiger partial charge in [-0.05, 0) is 68.1 Å². The zero-order valence-corrected chi connectivity index (χ0v) is 18.7. The van der Waals surface area contributed by atoms with E-state index in [1.54, 1.807) is 12.3 Å². The minimum atomic E-state index is -0.631. The number of hydrogen-bond donors (Lipinski definition) is 2. The minimum absolute atomic E-state index is 0.107. The summed E-state index contributed by atoms with van der Waals surface area (Å²) in [7, 11) is 0. The Bertz CT molecular complexity index is 1040. The number of carbonyl (C=O) groups is 1. The standard InChI is InChI=1S/C25H30FN5O2/c26-23-11-17(19-13-28-31(14-19)15-22-2-1-9-33-22)4-3-16(23)5-8-21(12-27)30-25(32)24-18-6-7-20(10-18)29-24/h3-4,11,13-14,18,20-22,24,29H,1-2,5-10,15H2,(H,30,32). The third-order valence-electron chi connectivity index (χ3n) is 7.25. The Morgan fingerprint density at radius 1 is 1.36 bits per heavy atom. The number of nitrogens with one attached hydrogen (secondary N) is 2. The first kappa shape index (κ1) is 22.1. The van der Waals surface area contributed by atoms with Crippen LogP contribution in [0.4, 0.5) is 4.39 Å². The molecule has 1 aromatic carbocycles. The van der Waals surface area contributed by atoms with Gasteiger partial charge in [-0.25, -0.2) is 4.39 Å². The number of rotatable bonds is 8. The number of fused-ring (bicyclic) bond motifs is 2. The number of halogens is 1. The highest BCUT2D eigenvalue weighted by Gasteiger charge is 2.43. The molecule has 3 aliphatic rings. The number of amides is 1. The van der Waals surface area contributed by atoms with E-state index in [1.807, 2.05) is 16.9 Å². The molecular formula is C25H30FN5O2. The fourth-order valence-corrected chi connectivity index (χ4v) is 5.42. The topological polar surface area (TPSA) is 92.0 Å². The van der Waals surface area contributed by atoms with Crippen molar-refractivity contribution in [1.29, 1.82) is 5.26 Å². The van der Waals surface area contributed by atoms with Crippen LogP contribution in [0.25, 0.3) is 11.1 Å². The van der Waals surface area contributed by atoms with Crippen LogP contribution in [0.1, 0.15) is 44.1 Å². The number of nitriles is 1. The maximum absolute atomic E-state index is 14.8. The molecule has 174 valence electrons. The summed E-state index contributed by atoms with van der Waals surface area (Å²) in [4.78, 5) is 12.6. The predicted octanol–water partition coefficient (Wildman–Crippen LogP) is 2.95. The van der Waals surface area contributed by atoms with E-state index in [0.29, 0.717) is 36.9 Å². The largest absolute Gasteiger partial charge is 0.376 e. The Morgan fingerprint density at radius 2 is 2.27 bits per heavy atom. The number of aromatic nitrogens is 2. The van der Waals surface area contributed by atoms with Crippen molar-refractivity contribution in [2.24, 2.45) is 5.92 Å². The van der Waals surface area contributed by atoms with Gasteiger partial charge in [0.1, 0.15) is 11.9 Å². The zero-order valence-electron chi connectivity index (χ0n) is 18.7. The lowest BCUT2D eigenvalue weighted by Gasteiger charge is -2.23. The van der Waals surface area contributed by atoms with Crippen LogP contribution in [0.15, 0.2) is 30.6 Å². The van der Waals surface area contributed by atoms with Crippen molar-refractivity contribution >= 4 is 5.91 Å². The fourth-order valence-electron chi connectivity index (χ4n) is 5.42. The number of nitrogens with zero attached hydrogens (tertiary/aromatic N) is 3. The molecule has 1 aromatic heterocycles. The highest BCUT2D eigenvalue weighted by atomic mass is 19.1. The summed E-state index contributed by atoms with van der Waals surface area (Å²) in [6, 6.07) is 6.92. The lowest BCUT2D eigenvalue weighted by atomic mass is 9.98. The lowest BCUT2D eigenvalue weighted by molar-refractivity contribution is -0.124. The van der Waals surface area contributed by atoms with Gasteiger partial charge in [-0.1, -0.05) is 12.1 Å². The van der Waals surface area contributed by atoms with Crippen LogP contribution in [-0.4, -0.2) is 46.5 Å². The Morgan fingerprint density at radius 3 is 2.97 bits per heavy atom. The van der Waals surface area contributed by atoms with E-state index in [0.717, 1.165) is 49.8 Å². The van der Waals surface area contributed by atoms with Gasteiger partial charge in [-0.3, -0.25) is 9.48 Å². The fraction of sp³-hybridized carbons (Fsp3) is 0.560. The van der Waals surface area contributed by atoms with Gasteiger partial charge in [0.15, 0.2) is 0 Å². The SMILES string of the molecule is N#CC(CCc1ccc(-c2cnn(CC3CCCO3)c2)cc1F)NC(=O)C1NC2CCC1C2. The van der Waals surface area contributed by atoms with E-state index >= 15 is 0 Å². The van der Waals surface area contributed by atoms with Crippen LogP contribution in [-0.2, 0) is 22.5 Å². The van der Waals surface area contributed by atoms with Gasteiger partial charge in [0.25, 0.3) is 0 Å². The summed E-state index contributed by atoms with van der Waals surface area (Å²) in [5.41, 5.74) is 2.17. The van der Waals surface area contributed by atoms with Crippen LogP contribution in [0.2, 0.25) is 0 Å². The number of carbonyl (C=O) groups excluding carboxylic acids is 1. The Kier molecular flexibility index (Phi) is 6.43. The second kappa shape index (κ2) is 9.62. The Balaban J connectivity index is 1.16. The molecule has 1 amide bonds. The summed E-state index contributed by atoms with van der Waals surface area (Å²) in [5, 5.41) is 20.1. The molecule has 1 aliphatic carbocycles. The van der Waals surface area contributed by atoms with Crippen molar-refractivity contribution in [2.45, 2.75) is 75.7 Å². The van der Waals surface area contributed by atoms with Gasteiger partial charge in [0.05, 0.1) is 31.0 Å². The van der Waals surface area contributed by atoms with Crippen molar-refractivity contribution in [3.8, 4) is 17.2 Å². The molecule has 0 radical (unpaired) electrons. The van der Waals surface area contributed by atoms with E-state index < -0.39 is 6.04 Å². The number of piperidine rings is 1. The van der Waals surface area contributed by atoms with Gasteiger partial charge < -0.3 is 15.4 Å². The van der Waals surface area contributed by atoms with Gasteiger partial charge in [0.2, 0.25) is 5.91 Å². The molecule has 0 spiro atoms. The molecule has 5 rings (SSSR count). The molecule has 2 aliphatic heterocycles. The summed E-state index contributed by atoms with van der Waals surface area (Å²) in [6.45, 7) is 1.51. The van der Waals surface area contributed by atoms with Crippen molar-refractivity contribution < 1.29 is 13.9 Å². The van der Waals surface area contributed by atoms with E-state index in [2.05, 4.69) is 21.8 Å². The summed E-state index contributed by atoms with van der Waals surface area (Å²) < 4.78 is 22.3. The maximum Gasteiger partial charge on any atom is 0.238 e. The van der Waals surface area contributed by atoms with E-state index in [1.165, 1.54) is 6.07 Å². The number of aryl methyl sites for hydroxylation is 1. The molecule has 8 heteroatoms. The van der Waals surface area contributed by atoms with Gasteiger partial charge >= 0.3 is 0 Å². The molecule has 5 atom stereocenters. The van der Waals surface area contributed by atoms with Crippen LogP contribution in [0.3, 0.4) is 0 Å². The monoisotopic (exact) mass is 451 g/mol. The molecule has 33 heavy (non-hydrogen) atoms. The van der Waals surface area contributed by atoms with Crippen LogP contribution in [0.5, 0.6) is 0 Å². The quantitative estimate of drug-likeness (QED) is 0.644. The van der Waals surface area contributed by atoms with Crippen molar-refractivity contribution in [1.82, 2.24) is 20.4 Å². The smallest absolute Gasteiger partial charge is 0.238 e. The van der Waals surface area contributed by atoms with Crippen LogP contribution >= 0.6 is 0 Å². The molecule has 3 heterocycles. The highest BCUT2D eigenvalue weighted by molar-refractivity contribution is 5.83. The van der Waals surface area contributed by atoms with Crippen molar-refractivity contribution in [3.05, 3.63) is 42.0 Å². The molecule has 7 nitrogen and oxygen atoms in total. The van der Waals surface area contributed by atoms with Gasteiger partial charge in [-0.2, -0.15) is 10.4 Å². The van der Waals surface area contributed by atoms with Crippen LogP contribution in [0, 0.1) is 23.1 Å². The molecule has 2 N–H and O–H groups in total. The van der Waals surface area contributed by atoms with Crippen molar-refractivity contribution in [3.63, 3.8) is 0 Å². The maximum atomic E-state index is 14.8. The third-order valence-corrected chi connectivity index (χ3v) is 7.25. The van der Waals surface area contributed by atoms with E-state index in [4.69, 9.17) is 4.74 Å². The molecule has 5 unspecified atom stereocenters. The summed E-state index contributed by atoms with van der Waals surface area (Å²) >= 11 is 0. The van der Waals surface area contributed by atoms with Crippen LogP contribution < -0.4 is 10.6 Å². The lowest BCUT2D eigenvalue weighted by Crippen LogP contribution is -2.50. The number of hydrogen-bond acceptors (Lipinski definition) is 5. The molecule has 3 fully saturated rings. The average Bonchev–Trinajstić information content (AvgIpc) is 3.63. The third kappa shape index (κ3) is 4.94. The average molecular weight is 452 g/mol. The first-order chi connectivity index (χ1) is 16.1. The molecular weight excluding hydrogens is 421 g/mol. The van der Waals surface area contributed by atoms with Gasteiger partial charge in [0, 0.05) is 24.4 Å². The Hall–Kier alpha value is -2.76. The first-order valence-electron chi connectivity index (χ1n) is 12.0. The second-order valence-electron chi connectivity index (χ2n) is 9.54. The Labute approximate surface area is 193 Å². The first-order valence-corrected chi connectivity index (χ1v) is 12.0. The van der Waals surface area contributed by atoms with E-state index in [-0.39, 0.29) is 23.9 Å².